The summed E-state index contributed by atoms with van der Waals surface area (Å²) in [5.41, 5.74) is 1.42. The van der Waals surface area contributed by atoms with Crippen molar-refractivity contribution in [3.63, 3.8) is 0 Å². The summed E-state index contributed by atoms with van der Waals surface area (Å²) in [5.74, 6) is -0.517. The van der Waals surface area contributed by atoms with Crippen LogP contribution < -0.4 is 5.32 Å². The number of aliphatic hydroxyl groups is 3. The molecular weight excluding hydrogens is 474 g/mol. The van der Waals surface area contributed by atoms with Gasteiger partial charge in [-0.25, -0.2) is 0 Å². The molecule has 0 fully saturated rings. The predicted molar refractivity (Wildman–Crippen MR) is 162 cm³/mol. The number of allylic oxidation sites excluding steroid dienone is 3. The minimum absolute atomic E-state index is 0.375. The number of amides is 1. The lowest BCUT2D eigenvalue weighted by Gasteiger charge is -2.21. The molecule has 5 nitrogen and oxygen atoms in total. The number of hydrogen-bond donors (Lipinski definition) is 4. The van der Waals surface area contributed by atoms with Gasteiger partial charge in [0.25, 0.3) is 0 Å². The lowest BCUT2D eigenvalue weighted by Crippen LogP contribution is -2.48. The van der Waals surface area contributed by atoms with Gasteiger partial charge in [-0.05, 0) is 39.0 Å². The Morgan fingerprint density at radius 1 is 0.737 bits per heavy atom. The van der Waals surface area contributed by atoms with Gasteiger partial charge in [0.2, 0.25) is 5.91 Å². The number of carbonyl (C=O) groups excluding carboxylic acids is 1. The molecular formula is C33H63NO4. The topological polar surface area (TPSA) is 89.8 Å². The van der Waals surface area contributed by atoms with Gasteiger partial charge in [-0.2, -0.15) is 0 Å². The van der Waals surface area contributed by atoms with Crippen LogP contribution in [0.3, 0.4) is 0 Å². The summed E-state index contributed by atoms with van der Waals surface area (Å²) in [5, 5.41) is 32.8. The Hall–Kier alpha value is -1.17. The molecule has 0 aliphatic heterocycles. The van der Waals surface area contributed by atoms with Crippen LogP contribution in [0.25, 0.3) is 0 Å². The fourth-order valence-electron chi connectivity index (χ4n) is 4.73. The molecule has 3 atom stereocenters. The molecule has 1 amide bonds. The van der Waals surface area contributed by atoms with Crippen molar-refractivity contribution in [1.29, 1.82) is 0 Å². The highest BCUT2D eigenvalue weighted by Crippen LogP contribution is 2.14. The van der Waals surface area contributed by atoms with Gasteiger partial charge in [0, 0.05) is 0 Å². The summed E-state index contributed by atoms with van der Waals surface area (Å²) < 4.78 is 0. The van der Waals surface area contributed by atoms with E-state index in [1.807, 2.05) is 6.08 Å². The quantitative estimate of drug-likeness (QED) is 0.0633. The number of hydrogen-bond acceptors (Lipinski definition) is 4. The second-order valence-electron chi connectivity index (χ2n) is 11.2. The fourth-order valence-corrected chi connectivity index (χ4v) is 4.73. The Morgan fingerprint density at radius 2 is 1.24 bits per heavy atom. The minimum atomic E-state index is -1.10. The first-order valence-corrected chi connectivity index (χ1v) is 16.1. The first-order chi connectivity index (χ1) is 18.5. The van der Waals surface area contributed by atoms with Crippen LogP contribution in [0.2, 0.25) is 0 Å². The van der Waals surface area contributed by atoms with Crippen molar-refractivity contribution in [2.45, 2.75) is 174 Å². The van der Waals surface area contributed by atoms with E-state index in [2.05, 4.69) is 32.2 Å². The second kappa shape index (κ2) is 27.4. The Bertz CT molecular complexity index is 590. The largest absolute Gasteiger partial charge is 0.394 e. The van der Waals surface area contributed by atoms with Gasteiger partial charge in [0.05, 0.1) is 18.8 Å². The maximum absolute atomic E-state index is 12.3. The molecule has 0 aliphatic carbocycles. The third-order valence-corrected chi connectivity index (χ3v) is 7.40. The smallest absolute Gasteiger partial charge is 0.249 e. The Morgan fingerprint density at radius 3 is 1.76 bits per heavy atom. The van der Waals surface area contributed by atoms with Crippen LogP contribution in [0.1, 0.15) is 156 Å². The van der Waals surface area contributed by atoms with Crippen LogP contribution >= 0.6 is 0 Å². The normalized spacial score (nSPS) is 14.6. The van der Waals surface area contributed by atoms with E-state index in [4.69, 9.17) is 0 Å². The van der Waals surface area contributed by atoms with Gasteiger partial charge in [-0.3, -0.25) is 4.79 Å². The maximum Gasteiger partial charge on any atom is 0.249 e. The Balaban J connectivity index is 4.00. The fraction of sp³-hybridized carbons (Fsp3) is 0.848. The molecule has 0 unspecified atom stereocenters. The molecule has 4 N–H and O–H groups in total. The maximum atomic E-state index is 12.3. The Labute approximate surface area is 235 Å². The van der Waals surface area contributed by atoms with E-state index in [1.165, 1.54) is 95.5 Å². The summed E-state index contributed by atoms with van der Waals surface area (Å²) in [7, 11) is 0. The molecule has 0 spiro atoms. The van der Waals surface area contributed by atoms with E-state index in [0.717, 1.165) is 38.5 Å². The van der Waals surface area contributed by atoms with Crippen molar-refractivity contribution in [2.75, 3.05) is 6.61 Å². The zero-order valence-corrected chi connectivity index (χ0v) is 25.3. The Kier molecular flexibility index (Phi) is 26.6. The molecule has 0 saturated carbocycles. The van der Waals surface area contributed by atoms with Crippen LogP contribution in [-0.4, -0.2) is 46.1 Å². The molecule has 0 aromatic carbocycles. The van der Waals surface area contributed by atoms with Crippen LogP contribution in [0.4, 0.5) is 0 Å². The first-order valence-electron chi connectivity index (χ1n) is 16.1. The molecule has 0 aromatic rings. The molecule has 224 valence electrons. The second-order valence-corrected chi connectivity index (χ2v) is 11.2. The van der Waals surface area contributed by atoms with Crippen molar-refractivity contribution in [3.05, 3.63) is 23.8 Å². The van der Waals surface area contributed by atoms with Gasteiger partial charge in [0.1, 0.15) is 6.10 Å². The SMILES string of the molecule is CCCCCCCCCCCC[C@@H](O)C(=O)N[C@@H](CO)[C@H](O)C=CCCC=C(C)CCCCCCCCC. The van der Waals surface area contributed by atoms with Gasteiger partial charge in [0.15, 0.2) is 0 Å². The van der Waals surface area contributed by atoms with Gasteiger partial charge < -0.3 is 20.6 Å². The van der Waals surface area contributed by atoms with Gasteiger partial charge >= 0.3 is 0 Å². The standard InChI is InChI=1S/C33H63NO4/c1-4-6-8-10-12-13-14-16-18-22-27-32(37)33(38)34-30(28-35)31(36)26-23-19-21-25-29(3)24-20-17-15-11-9-7-5-2/h23,25-26,30-32,35-37H,4-22,24,27-28H2,1-3H3,(H,34,38)/t30-,31+,32+/m0/s1. The van der Waals surface area contributed by atoms with Crippen LogP contribution in [0, 0.1) is 0 Å². The van der Waals surface area contributed by atoms with E-state index < -0.39 is 24.2 Å². The molecule has 38 heavy (non-hydrogen) atoms. The lowest BCUT2D eigenvalue weighted by atomic mass is 10.0. The first kappa shape index (κ1) is 36.8. The molecule has 0 bridgehead atoms. The van der Waals surface area contributed by atoms with E-state index >= 15 is 0 Å². The predicted octanol–water partition coefficient (Wildman–Crippen LogP) is 7.92. The van der Waals surface area contributed by atoms with E-state index in [-0.39, 0.29) is 6.61 Å². The highest BCUT2D eigenvalue weighted by molar-refractivity contribution is 5.80. The van der Waals surface area contributed by atoms with Crippen LogP contribution in [0.15, 0.2) is 23.8 Å². The molecule has 0 radical (unpaired) electrons. The lowest BCUT2D eigenvalue weighted by molar-refractivity contribution is -0.131. The zero-order chi connectivity index (χ0) is 28.3. The highest BCUT2D eigenvalue weighted by Gasteiger charge is 2.22. The van der Waals surface area contributed by atoms with E-state index in [9.17, 15) is 20.1 Å². The summed E-state index contributed by atoms with van der Waals surface area (Å²) >= 11 is 0. The van der Waals surface area contributed by atoms with Crippen molar-refractivity contribution >= 4 is 5.91 Å². The number of nitrogens with one attached hydrogen (secondary N) is 1. The minimum Gasteiger partial charge on any atom is -0.394 e. The number of carbonyl (C=O) groups is 1. The number of unbranched alkanes of at least 4 members (excludes halogenated alkanes) is 16. The average Bonchev–Trinajstić information content (AvgIpc) is 2.91. The van der Waals surface area contributed by atoms with E-state index in [1.54, 1.807) is 6.08 Å². The summed E-state index contributed by atoms with van der Waals surface area (Å²) in [6.45, 7) is 6.30. The summed E-state index contributed by atoms with van der Waals surface area (Å²) in [6, 6.07) is -0.810. The molecule has 0 aliphatic rings. The highest BCUT2D eigenvalue weighted by atomic mass is 16.3. The number of rotatable bonds is 27. The molecule has 0 aromatic heterocycles. The van der Waals surface area contributed by atoms with Crippen LogP contribution in [0.5, 0.6) is 0 Å². The van der Waals surface area contributed by atoms with Crippen molar-refractivity contribution in [2.24, 2.45) is 0 Å². The average molecular weight is 538 g/mol. The van der Waals surface area contributed by atoms with Crippen LogP contribution in [-0.2, 0) is 4.79 Å². The molecule has 0 heterocycles. The van der Waals surface area contributed by atoms with Gasteiger partial charge in [-0.1, -0.05) is 140 Å². The molecule has 5 heteroatoms. The third kappa shape index (κ3) is 22.8. The molecule has 0 rings (SSSR count). The summed E-state index contributed by atoms with van der Waals surface area (Å²) in [6.07, 6.45) is 28.3. The monoisotopic (exact) mass is 537 g/mol. The number of aliphatic hydroxyl groups excluding tert-OH is 3. The zero-order valence-electron chi connectivity index (χ0n) is 25.3. The van der Waals surface area contributed by atoms with E-state index in [0.29, 0.717) is 6.42 Å². The van der Waals surface area contributed by atoms with Crippen molar-refractivity contribution < 1.29 is 20.1 Å². The summed E-state index contributed by atoms with van der Waals surface area (Å²) in [4.78, 5) is 12.3. The molecule has 0 saturated heterocycles. The van der Waals surface area contributed by atoms with Crippen molar-refractivity contribution in [3.8, 4) is 0 Å². The third-order valence-electron chi connectivity index (χ3n) is 7.40. The van der Waals surface area contributed by atoms with Crippen molar-refractivity contribution in [1.82, 2.24) is 5.32 Å². The van der Waals surface area contributed by atoms with Gasteiger partial charge in [-0.15, -0.1) is 0 Å².